The van der Waals surface area contributed by atoms with E-state index in [9.17, 15) is 13.2 Å². The molecule has 112 valence electrons. The van der Waals surface area contributed by atoms with Crippen LogP contribution in [0.4, 0.5) is 0 Å². The summed E-state index contributed by atoms with van der Waals surface area (Å²) in [5.74, 6) is -0.320. The zero-order valence-corrected chi connectivity index (χ0v) is 13.0. The average Bonchev–Trinajstić information content (AvgIpc) is 2.84. The zero-order valence-electron chi connectivity index (χ0n) is 12.1. The number of carbonyl (C=O) groups excluding carboxylic acids is 1. The minimum Gasteiger partial charge on any atom is -0.469 e. The Kier molecular flexibility index (Phi) is 5.80. The first kappa shape index (κ1) is 16.4. The third-order valence-corrected chi connectivity index (χ3v) is 6.21. The maximum atomic E-state index is 12.2. The van der Waals surface area contributed by atoms with Crippen molar-refractivity contribution < 1.29 is 17.9 Å². The molecule has 1 saturated heterocycles. The number of hydrogen-bond acceptors (Lipinski definition) is 4. The summed E-state index contributed by atoms with van der Waals surface area (Å²) in [5, 5.41) is 0. The predicted molar refractivity (Wildman–Crippen MR) is 74.2 cm³/mol. The minimum absolute atomic E-state index is 0.0333. The Hall–Kier alpha value is -0.620. The number of rotatable bonds is 7. The fourth-order valence-electron chi connectivity index (χ4n) is 2.59. The zero-order chi connectivity index (χ0) is 14.5. The Morgan fingerprint density at radius 3 is 2.42 bits per heavy atom. The Balaban J connectivity index is 2.53. The van der Waals surface area contributed by atoms with Crippen LogP contribution in [-0.4, -0.2) is 44.6 Å². The number of esters is 1. The molecule has 1 aliphatic rings. The van der Waals surface area contributed by atoms with Gasteiger partial charge >= 0.3 is 5.97 Å². The van der Waals surface area contributed by atoms with Crippen molar-refractivity contribution in [2.24, 2.45) is 5.41 Å². The van der Waals surface area contributed by atoms with E-state index in [2.05, 4.69) is 18.6 Å². The average molecular weight is 291 g/mol. The summed E-state index contributed by atoms with van der Waals surface area (Å²) in [6.45, 7) is 5.48. The lowest BCUT2D eigenvalue weighted by Crippen LogP contribution is -2.33. The van der Waals surface area contributed by atoms with Crippen LogP contribution in [0.5, 0.6) is 0 Å². The molecule has 0 bridgehead atoms. The first-order chi connectivity index (χ1) is 8.89. The number of sulfonamides is 1. The first-order valence-electron chi connectivity index (χ1n) is 6.94. The second-order valence-electron chi connectivity index (χ2n) is 5.29. The van der Waals surface area contributed by atoms with Gasteiger partial charge in [-0.2, -0.15) is 0 Å². The first-order valence-corrected chi connectivity index (χ1v) is 8.54. The Morgan fingerprint density at radius 2 is 1.95 bits per heavy atom. The summed E-state index contributed by atoms with van der Waals surface area (Å²) in [6, 6.07) is 0. The molecule has 1 aliphatic heterocycles. The molecule has 0 amide bonds. The molecule has 0 radical (unpaired) electrons. The highest BCUT2D eigenvalue weighted by Gasteiger charge is 2.39. The third kappa shape index (κ3) is 4.18. The van der Waals surface area contributed by atoms with E-state index in [4.69, 9.17) is 0 Å². The van der Waals surface area contributed by atoms with E-state index in [0.29, 0.717) is 19.5 Å². The van der Waals surface area contributed by atoms with E-state index < -0.39 is 10.0 Å². The van der Waals surface area contributed by atoms with Crippen molar-refractivity contribution >= 4 is 16.0 Å². The van der Waals surface area contributed by atoms with E-state index in [1.54, 1.807) is 4.31 Å². The standard InChI is InChI=1S/C13H25NO4S/c1-4-13(5-2)8-9-14(11-13)19(16,17)10-6-7-12(15)18-3/h4-11H2,1-3H3. The van der Waals surface area contributed by atoms with Gasteiger partial charge in [-0.25, -0.2) is 12.7 Å². The Labute approximate surface area is 116 Å². The van der Waals surface area contributed by atoms with Crippen LogP contribution in [0.25, 0.3) is 0 Å². The maximum Gasteiger partial charge on any atom is 0.305 e. The number of carbonyl (C=O) groups is 1. The number of nitrogens with zero attached hydrogens (tertiary/aromatic N) is 1. The van der Waals surface area contributed by atoms with Crippen LogP contribution in [-0.2, 0) is 19.6 Å². The topological polar surface area (TPSA) is 63.7 Å². The molecule has 5 nitrogen and oxygen atoms in total. The monoisotopic (exact) mass is 291 g/mol. The van der Waals surface area contributed by atoms with Crippen LogP contribution < -0.4 is 0 Å². The molecule has 0 atom stereocenters. The van der Waals surface area contributed by atoms with Gasteiger partial charge in [0.25, 0.3) is 0 Å². The molecule has 0 aromatic rings. The second kappa shape index (κ2) is 6.70. The van der Waals surface area contributed by atoms with Gasteiger partial charge in [0.1, 0.15) is 0 Å². The van der Waals surface area contributed by atoms with E-state index in [1.807, 2.05) is 0 Å². The Morgan fingerprint density at radius 1 is 1.32 bits per heavy atom. The fourth-order valence-corrected chi connectivity index (χ4v) is 4.20. The van der Waals surface area contributed by atoms with Gasteiger partial charge in [0.2, 0.25) is 10.0 Å². The normalized spacial score (nSPS) is 19.5. The van der Waals surface area contributed by atoms with Crippen LogP contribution in [0, 0.1) is 5.41 Å². The largest absolute Gasteiger partial charge is 0.469 e. The third-order valence-electron chi connectivity index (χ3n) is 4.31. The fraction of sp³-hybridized carbons (Fsp3) is 0.923. The minimum atomic E-state index is -3.23. The lowest BCUT2D eigenvalue weighted by atomic mass is 9.82. The van der Waals surface area contributed by atoms with Gasteiger partial charge < -0.3 is 4.74 Å². The maximum absolute atomic E-state index is 12.2. The Bertz CT molecular complexity index is 401. The van der Waals surface area contributed by atoms with Crippen LogP contribution >= 0.6 is 0 Å². The van der Waals surface area contributed by atoms with Crippen molar-refractivity contribution in [2.45, 2.75) is 46.0 Å². The molecule has 0 aromatic carbocycles. The van der Waals surface area contributed by atoms with Crippen molar-refractivity contribution in [3.63, 3.8) is 0 Å². The highest BCUT2D eigenvalue weighted by atomic mass is 32.2. The predicted octanol–water partition coefficient (Wildman–Crippen LogP) is 1.78. The van der Waals surface area contributed by atoms with Crippen LogP contribution in [0.3, 0.4) is 0 Å². The van der Waals surface area contributed by atoms with E-state index in [0.717, 1.165) is 19.3 Å². The molecule has 0 aromatic heterocycles. The molecule has 1 heterocycles. The van der Waals surface area contributed by atoms with Crippen LogP contribution in [0.1, 0.15) is 46.0 Å². The molecule has 19 heavy (non-hydrogen) atoms. The quantitative estimate of drug-likeness (QED) is 0.671. The van der Waals surface area contributed by atoms with E-state index in [-0.39, 0.29) is 23.6 Å². The molecule has 0 saturated carbocycles. The van der Waals surface area contributed by atoms with Crippen molar-refractivity contribution in [3.05, 3.63) is 0 Å². The van der Waals surface area contributed by atoms with Crippen molar-refractivity contribution in [1.82, 2.24) is 4.31 Å². The molecule has 6 heteroatoms. The van der Waals surface area contributed by atoms with Gasteiger partial charge in [0.05, 0.1) is 12.9 Å². The highest BCUT2D eigenvalue weighted by Crippen LogP contribution is 2.38. The molecular weight excluding hydrogens is 266 g/mol. The molecule has 0 aliphatic carbocycles. The smallest absolute Gasteiger partial charge is 0.305 e. The second-order valence-corrected chi connectivity index (χ2v) is 7.37. The number of ether oxygens (including phenoxy) is 1. The van der Waals surface area contributed by atoms with Crippen molar-refractivity contribution in [3.8, 4) is 0 Å². The van der Waals surface area contributed by atoms with Gasteiger partial charge in [0, 0.05) is 19.5 Å². The number of methoxy groups -OCH3 is 1. The van der Waals surface area contributed by atoms with Crippen LogP contribution in [0.15, 0.2) is 0 Å². The molecule has 1 rings (SSSR count). The summed E-state index contributed by atoms with van der Waals surface area (Å²) in [4.78, 5) is 11.0. The van der Waals surface area contributed by atoms with Gasteiger partial charge in [-0.15, -0.1) is 0 Å². The molecule has 0 N–H and O–H groups in total. The summed E-state index contributed by atoms with van der Waals surface area (Å²) in [7, 11) is -1.92. The van der Waals surface area contributed by atoms with Crippen molar-refractivity contribution in [2.75, 3.05) is 26.0 Å². The lowest BCUT2D eigenvalue weighted by molar-refractivity contribution is -0.140. The van der Waals surface area contributed by atoms with Crippen LogP contribution in [0.2, 0.25) is 0 Å². The summed E-state index contributed by atoms with van der Waals surface area (Å²) in [5.41, 5.74) is 0.148. The van der Waals surface area contributed by atoms with Gasteiger partial charge in [-0.05, 0) is 31.1 Å². The SMILES string of the molecule is CCC1(CC)CCN(S(=O)(=O)CCCC(=O)OC)C1. The van der Waals surface area contributed by atoms with Crippen molar-refractivity contribution in [1.29, 1.82) is 0 Å². The van der Waals surface area contributed by atoms with E-state index in [1.165, 1.54) is 7.11 Å². The number of hydrogen-bond donors (Lipinski definition) is 0. The molecule has 0 spiro atoms. The van der Waals surface area contributed by atoms with Gasteiger partial charge in [0.15, 0.2) is 0 Å². The summed E-state index contributed by atoms with van der Waals surface area (Å²) in [6.07, 6.45) is 3.46. The molecule has 1 fully saturated rings. The highest BCUT2D eigenvalue weighted by molar-refractivity contribution is 7.89. The summed E-state index contributed by atoms with van der Waals surface area (Å²) < 4.78 is 30.5. The summed E-state index contributed by atoms with van der Waals surface area (Å²) >= 11 is 0. The van der Waals surface area contributed by atoms with E-state index >= 15 is 0 Å². The van der Waals surface area contributed by atoms with Gasteiger partial charge in [-0.1, -0.05) is 13.8 Å². The lowest BCUT2D eigenvalue weighted by Gasteiger charge is -2.26. The molecule has 0 unspecified atom stereocenters. The van der Waals surface area contributed by atoms with Gasteiger partial charge in [-0.3, -0.25) is 4.79 Å². The molecular formula is C13H25NO4S.